The number of nitrogens with zero attached hydrogens (tertiary/aromatic N) is 1. The summed E-state index contributed by atoms with van der Waals surface area (Å²) in [6, 6.07) is 0.309. The predicted octanol–water partition coefficient (Wildman–Crippen LogP) is 0.325. The Morgan fingerprint density at radius 3 is 2.85 bits per heavy atom. The Morgan fingerprint density at radius 1 is 1.46 bits per heavy atom. The van der Waals surface area contributed by atoms with Crippen molar-refractivity contribution in [2.45, 2.75) is 32.2 Å². The Hall–Kier alpha value is -0.130. The summed E-state index contributed by atoms with van der Waals surface area (Å²) in [7, 11) is -3.14. The zero-order valence-electron chi connectivity index (χ0n) is 7.86. The summed E-state index contributed by atoms with van der Waals surface area (Å²) in [6.45, 7) is 3.03. The SMILES string of the molecule is CCNS(=O)(=O)N1CC2CCCC21. The van der Waals surface area contributed by atoms with Gasteiger partial charge < -0.3 is 0 Å². The highest BCUT2D eigenvalue weighted by molar-refractivity contribution is 7.87. The molecule has 0 radical (unpaired) electrons. The normalized spacial score (nSPS) is 34.2. The quantitative estimate of drug-likeness (QED) is 0.720. The maximum atomic E-state index is 11.6. The van der Waals surface area contributed by atoms with Gasteiger partial charge in [-0.1, -0.05) is 13.3 Å². The Morgan fingerprint density at radius 2 is 2.23 bits per heavy atom. The van der Waals surface area contributed by atoms with E-state index in [0.717, 1.165) is 13.0 Å². The van der Waals surface area contributed by atoms with Gasteiger partial charge in [0.05, 0.1) is 0 Å². The van der Waals surface area contributed by atoms with Gasteiger partial charge in [0.15, 0.2) is 0 Å². The van der Waals surface area contributed by atoms with Crippen LogP contribution in [0.25, 0.3) is 0 Å². The highest BCUT2D eigenvalue weighted by Crippen LogP contribution is 2.39. The average molecular weight is 204 g/mol. The Kier molecular flexibility index (Phi) is 2.33. The molecule has 76 valence electrons. The first-order valence-electron chi connectivity index (χ1n) is 4.91. The Bertz CT molecular complexity index is 289. The molecule has 13 heavy (non-hydrogen) atoms. The van der Waals surface area contributed by atoms with E-state index in [0.29, 0.717) is 18.5 Å². The van der Waals surface area contributed by atoms with Crippen LogP contribution in [0.4, 0.5) is 0 Å². The highest BCUT2D eigenvalue weighted by atomic mass is 32.2. The molecule has 1 heterocycles. The number of rotatable bonds is 3. The van der Waals surface area contributed by atoms with Crippen LogP contribution in [0.3, 0.4) is 0 Å². The molecule has 1 N–H and O–H groups in total. The first-order valence-corrected chi connectivity index (χ1v) is 6.35. The van der Waals surface area contributed by atoms with Crippen LogP contribution < -0.4 is 4.72 Å². The van der Waals surface area contributed by atoms with Crippen molar-refractivity contribution in [1.82, 2.24) is 9.03 Å². The minimum absolute atomic E-state index is 0.309. The lowest BCUT2D eigenvalue weighted by molar-refractivity contribution is 0.129. The molecule has 0 aromatic rings. The second kappa shape index (κ2) is 3.22. The van der Waals surface area contributed by atoms with Crippen molar-refractivity contribution < 1.29 is 8.42 Å². The second-order valence-corrected chi connectivity index (χ2v) is 5.54. The van der Waals surface area contributed by atoms with Gasteiger partial charge >= 0.3 is 0 Å². The van der Waals surface area contributed by atoms with Crippen molar-refractivity contribution in [3.8, 4) is 0 Å². The molecular weight excluding hydrogens is 188 g/mol. The molecule has 2 rings (SSSR count). The molecule has 1 saturated heterocycles. The molecule has 0 aromatic heterocycles. The average Bonchev–Trinajstić information content (AvgIpc) is 2.31. The van der Waals surface area contributed by atoms with Crippen molar-refractivity contribution in [3.63, 3.8) is 0 Å². The maximum absolute atomic E-state index is 11.6. The molecule has 1 saturated carbocycles. The molecule has 1 aliphatic carbocycles. The molecule has 5 heteroatoms. The minimum Gasteiger partial charge on any atom is -0.202 e. The molecule has 0 aromatic carbocycles. The van der Waals surface area contributed by atoms with Gasteiger partial charge in [-0.2, -0.15) is 12.7 Å². The van der Waals surface area contributed by atoms with Crippen LogP contribution in [0.15, 0.2) is 0 Å². The topological polar surface area (TPSA) is 49.4 Å². The number of hydrogen-bond acceptors (Lipinski definition) is 2. The molecule has 4 nitrogen and oxygen atoms in total. The zero-order chi connectivity index (χ0) is 9.47. The van der Waals surface area contributed by atoms with Gasteiger partial charge in [-0.05, 0) is 18.8 Å². The number of nitrogens with one attached hydrogen (secondary N) is 1. The molecule has 2 fully saturated rings. The monoisotopic (exact) mass is 204 g/mol. The second-order valence-electron chi connectivity index (χ2n) is 3.83. The third kappa shape index (κ3) is 1.49. The maximum Gasteiger partial charge on any atom is 0.279 e. The van der Waals surface area contributed by atoms with Crippen LogP contribution in [0, 0.1) is 5.92 Å². The third-order valence-corrected chi connectivity index (χ3v) is 4.73. The fourth-order valence-electron chi connectivity index (χ4n) is 2.38. The molecular formula is C8H16N2O2S. The van der Waals surface area contributed by atoms with Crippen molar-refractivity contribution in [2.24, 2.45) is 5.92 Å². The van der Waals surface area contributed by atoms with Crippen molar-refractivity contribution in [3.05, 3.63) is 0 Å². The van der Waals surface area contributed by atoms with Crippen LogP contribution in [0.2, 0.25) is 0 Å². The van der Waals surface area contributed by atoms with Crippen LogP contribution in [-0.4, -0.2) is 31.9 Å². The highest BCUT2D eigenvalue weighted by Gasteiger charge is 2.47. The molecule has 2 unspecified atom stereocenters. The van der Waals surface area contributed by atoms with E-state index >= 15 is 0 Å². The first kappa shape index (κ1) is 9.43. The third-order valence-electron chi connectivity index (χ3n) is 3.04. The van der Waals surface area contributed by atoms with Crippen LogP contribution in [0.5, 0.6) is 0 Å². The Labute approximate surface area is 79.5 Å². The van der Waals surface area contributed by atoms with E-state index in [1.54, 1.807) is 4.31 Å². The van der Waals surface area contributed by atoms with Gasteiger partial charge in [0.2, 0.25) is 0 Å². The van der Waals surface area contributed by atoms with Crippen molar-refractivity contribution in [2.75, 3.05) is 13.1 Å². The summed E-state index contributed by atoms with van der Waals surface area (Å²) >= 11 is 0. The molecule has 0 spiro atoms. The van der Waals surface area contributed by atoms with E-state index in [1.807, 2.05) is 6.92 Å². The largest absolute Gasteiger partial charge is 0.279 e. The summed E-state index contributed by atoms with van der Waals surface area (Å²) in [5.41, 5.74) is 0. The number of fused-ring (bicyclic) bond motifs is 1. The van der Waals surface area contributed by atoms with Crippen molar-refractivity contribution in [1.29, 1.82) is 0 Å². The zero-order valence-corrected chi connectivity index (χ0v) is 8.68. The minimum atomic E-state index is -3.14. The van der Waals surface area contributed by atoms with Crippen LogP contribution in [0.1, 0.15) is 26.2 Å². The molecule has 2 aliphatic rings. The molecule has 0 amide bonds. The van der Waals surface area contributed by atoms with Gasteiger partial charge in [0.1, 0.15) is 0 Å². The fourth-order valence-corrected chi connectivity index (χ4v) is 3.93. The van der Waals surface area contributed by atoms with Crippen LogP contribution >= 0.6 is 0 Å². The summed E-state index contributed by atoms with van der Waals surface area (Å²) < 4.78 is 27.3. The number of hydrogen-bond donors (Lipinski definition) is 1. The summed E-state index contributed by atoms with van der Waals surface area (Å²) in [6.07, 6.45) is 3.45. The molecule has 2 atom stereocenters. The van der Waals surface area contributed by atoms with E-state index < -0.39 is 10.2 Å². The van der Waals surface area contributed by atoms with E-state index in [1.165, 1.54) is 12.8 Å². The van der Waals surface area contributed by atoms with E-state index in [-0.39, 0.29) is 0 Å². The lowest BCUT2D eigenvalue weighted by Gasteiger charge is -2.42. The first-order chi connectivity index (χ1) is 6.15. The lowest BCUT2D eigenvalue weighted by atomic mass is 9.96. The predicted molar refractivity (Wildman–Crippen MR) is 50.4 cm³/mol. The summed E-state index contributed by atoms with van der Waals surface area (Å²) in [4.78, 5) is 0. The van der Waals surface area contributed by atoms with E-state index in [4.69, 9.17) is 0 Å². The molecule has 1 aliphatic heterocycles. The fraction of sp³-hybridized carbons (Fsp3) is 1.00. The standard InChI is InChI=1S/C8H16N2O2S/c1-2-9-13(11,12)10-6-7-4-3-5-8(7)10/h7-9H,2-6H2,1H3. The summed E-state index contributed by atoms with van der Waals surface area (Å²) in [5.74, 6) is 0.647. The summed E-state index contributed by atoms with van der Waals surface area (Å²) in [5, 5.41) is 0. The van der Waals surface area contributed by atoms with Crippen molar-refractivity contribution >= 4 is 10.2 Å². The van der Waals surface area contributed by atoms with Gasteiger partial charge in [0, 0.05) is 19.1 Å². The van der Waals surface area contributed by atoms with Gasteiger partial charge in [0.25, 0.3) is 10.2 Å². The van der Waals surface area contributed by atoms with E-state index in [2.05, 4.69) is 4.72 Å². The molecule has 0 bridgehead atoms. The van der Waals surface area contributed by atoms with Gasteiger partial charge in [-0.25, -0.2) is 4.72 Å². The van der Waals surface area contributed by atoms with Gasteiger partial charge in [-0.15, -0.1) is 0 Å². The van der Waals surface area contributed by atoms with Gasteiger partial charge in [-0.3, -0.25) is 0 Å². The smallest absolute Gasteiger partial charge is 0.202 e. The van der Waals surface area contributed by atoms with Crippen LogP contribution in [-0.2, 0) is 10.2 Å². The van der Waals surface area contributed by atoms with E-state index in [9.17, 15) is 8.42 Å². The lowest BCUT2D eigenvalue weighted by Crippen LogP contribution is -2.58. The Balaban J connectivity index is 2.03.